The number of hydrogen-bond donors (Lipinski definition) is 1. The molecule has 0 aliphatic rings. The molecule has 0 saturated heterocycles. The van der Waals surface area contributed by atoms with Crippen LogP contribution in [0.15, 0.2) is 102 Å². The molecule has 4 rings (SSSR count). The van der Waals surface area contributed by atoms with Crippen molar-refractivity contribution in [3.8, 4) is 0 Å². The van der Waals surface area contributed by atoms with Gasteiger partial charge in [0.25, 0.3) is 10.0 Å². The molecule has 0 heterocycles. The zero-order valence-electron chi connectivity index (χ0n) is 24.1. The maximum Gasteiger partial charge on any atom is 0.264 e. The molecule has 0 spiro atoms. The SMILES string of the molecule is CNC(=O)[C@@H](Cc1ccccc1)N(Cc1cccc(Cl)c1)C(=O)CN(c1ccc(Cl)cc1C)S(=O)(=O)c1ccc(C)cc1. The van der Waals surface area contributed by atoms with Crippen molar-refractivity contribution in [2.24, 2.45) is 0 Å². The van der Waals surface area contributed by atoms with Gasteiger partial charge in [-0.25, -0.2) is 8.42 Å². The Morgan fingerprint density at radius 1 is 0.814 bits per heavy atom. The van der Waals surface area contributed by atoms with Crippen LogP contribution in [-0.2, 0) is 32.6 Å². The van der Waals surface area contributed by atoms with E-state index in [2.05, 4.69) is 5.32 Å². The summed E-state index contributed by atoms with van der Waals surface area (Å²) in [5, 5.41) is 3.59. The fourth-order valence-electron chi connectivity index (χ4n) is 4.80. The first-order valence-corrected chi connectivity index (χ1v) is 15.8. The second-order valence-electron chi connectivity index (χ2n) is 10.2. The first kappa shape index (κ1) is 32.1. The molecule has 0 bridgehead atoms. The predicted octanol–water partition coefficient (Wildman–Crippen LogP) is 6.19. The predicted molar refractivity (Wildman–Crippen MR) is 172 cm³/mol. The number of rotatable bonds is 11. The van der Waals surface area contributed by atoms with Gasteiger partial charge in [0.2, 0.25) is 11.8 Å². The highest BCUT2D eigenvalue weighted by molar-refractivity contribution is 7.92. The Morgan fingerprint density at radius 3 is 2.09 bits per heavy atom. The van der Waals surface area contributed by atoms with Crippen molar-refractivity contribution in [3.05, 3.63) is 129 Å². The third-order valence-corrected chi connectivity index (χ3v) is 9.32. The molecule has 2 amide bonds. The van der Waals surface area contributed by atoms with Gasteiger partial charge in [0.1, 0.15) is 12.6 Å². The van der Waals surface area contributed by atoms with Crippen LogP contribution in [0.2, 0.25) is 10.0 Å². The van der Waals surface area contributed by atoms with Gasteiger partial charge in [-0.15, -0.1) is 0 Å². The van der Waals surface area contributed by atoms with Crippen molar-refractivity contribution in [3.63, 3.8) is 0 Å². The van der Waals surface area contributed by atoms with Crippen LogP contribution >= 0.6 is 23.2 Å². The van der Waals surface area contributed by atoms with Crippen LogP contribution in [0.25, 0.3) is 0 Å². The topological polar surface area (TPSA) is 86.8 Å². The van der Waals surface area contributed by atoms with E-state index >= 15 is 0 Å². The summed E-state index contributed by atoms with van der Waals surface area (Å²) in [5.74, 6) is -0.940. The molecular formula is C33H33Cl2N3O4S. The molecule has 0 aliphatic carbocycles. The lowest BCUT2D eigenvalue weighted by Gasteiger charge is -2.34. The zero-order chi connectivity index (χ0) is 31.1. The molecule has 1 N–H and O–H groups in total. The smallest absolute Gasteiger partial charge is 0.264 e. The van der Waals surface area contributed by atoms with Gasteiger partial charge in [-0.1, -0.05) is 83.4 Å². The van der Waals surface area contributed by atoms with E-state index in [4.69, 9.17) is 23.2 Å². The number of halogens is 2. The van der Waals surface area contributed by atoms with E-state index in [0.717, 1.165) is 15.4 Å². The van der Waals surface area contributed by atoms with Crippen molar-refractivity contribution in [1.82, 2.24) is 10.2 Å². The molecule has 1 atom stereocenters. The zero-order valence-corrected chi connectivity index (χ0v) is 26.5. The maximum atomic E-state index is 14.4. The van der Waals surface area contributed by atoms with Crippen LogP contribution in [0.4, 0.5) is 5.69 Å². The lowest BCUT2D eigenvalue weighted by molar-refractivity contribution is -0.139. The van der Waals surface area contributed by atoms with Crippen molar-refractivity contribution >= 4 is 50.7 Å². The van der Waals surface area contributed by atoms with E-state index in [1.165, 1.54) is 24.1 Å². The fourth-order valence-corrected chi connectivity index (χ4v) is 6.72. The fraction of sp³-hybridized carbons (Fsp3) is 0.212. The Hall–Kier alpha value is -3.85. The first-order valence-electron chi connectivity index (χ1n) is 13.6. The molecule has 224 valence electrons. The number of hydrogen-bond acceptors (Lipinski definition) is 4. The number of nitrogens with zero attached hydrogens (tertiary/aromatic N) is 2. The van der Waals surface area contributed by atoms with Gasteiger partial charge in [-0.3, -0.25) is 13.9 Å². The summed E-state index contributed by atoms with van der Waals surface area (Å²) < 4.78 is 29.3. The number of benzene rings is 4. The number of likely N-dealkylation sites (N-methyl/N-ethyl adjacent to an activating group) is 1. The lowest BCUT2D eigenvalue weighted by atomic mass is 10.0. The molecule has 0 saturated carbocycles. The number of anilines is 1. The van der Waals surface area contributed by atoms with Crippen molar-refractivity contribution in [2.75, 3.05) is 17.9 Å². The van der Waals surface area contributed by atoms with E-state index < -0.39 is 28.5 Å². The molecule has 4 aromatic rings. The third-order valence-electron chi connectivity index (χ3n) is 7.07. The molecule has 0 aliphatic heterocycles. The largest absolute Gasteiger partial charge is 0.357 e. The molecule has 0 unspecified atom stereocenters. The van der Waals surface area contributed by atoms with E-state index in [1.807, 2.05) is 37.3 Å². The van der Waals surface area contributed by atoms with Gasteiger partial charge in [-0.05, 0) is 73.0 Å². The third kappa shape index (κ3) is 7.96. The Balaban J connectivity index is 1.81. The van der Waals surface area contributed by atoms with Crippen LogP contribution in [0, 0.1) is 13.8 Å². The normalized spacial score (nSPS) is 11.9. The molecule has 0 radical (unpaired) electrons. The Bertz CT molecular complexity index is 1700. The Morgan fingerprint density at radius 2 is 1.47 bits per heavy atom. The van der Waals surface area contributed by atoms with E-state index in [1.54, 1.807) is 61.5 Å². The number of amides is 2. The average Bonchev–Trinajstić information content (AvgIpc) is 2.98. The summed E-state index contributed by atoms with van der Waals surface area (Å²) in [5.41, 5.74) is 3.31. The number of carbonyl (C=O) groups excluding carboxylic acids is 2. The number of aryl methyl sites for hydroxylation is 2. The quantitative estimate of drug-likeness (QED) is 0.212. The molecule has 43 heavy (non-hydrogen) atoms. The molecule has 4 aromatic carbocycles. The lowest BCUT2D eigenvalue weighted by Crippen LogP contribution is -2.53. The van der Waals surface area contributed by atoms with Gasteiger partial charge >= 0.3 is 0 Å². The highest BCUT2D eigenvalue weighted by atomic mass is 35.5. The number of carbonyl (C=O) groups is 2. The second-order valence-corrected chi connectivity index (χ2v) is 13.0. The summed E-state index contributed by atoms with van der Waals surface area (Å²) in [6.07, 6.45) is 0.220. The standard InChI is InChI=1S/C33H33Cl2N3O4S/c1-23-12-15-29(16-13-23)43(41,42)38(30-17-14-28(35)18-24(30)2)22-32(39)37(21-26-10-7-11-27(34)19-26)31(33(40)36-3)20-25-8-5-4-6-9-25/h4-19,31H,20-22H2,1-3H3,(H,36,40)/t31-/m1/s1. The van der Waals surface area contributed by atoms with Gasteiger partial charge in [-0.2, -0.15) is 0 Å². The maximum absolute atomic E-state index is 14.4. The van der Waals surface area contributed by atoms with Crippen LogP contribution in [0.3, 0.4) is 0 Å². The van der Waals surface area contributed by atoms with Crippen LogP contribution in [0.1, 0.15) is 22.3 Å². The summed E-state index contributed by atoms with van der Waals surface area (Å²) in [6, 6.07) is 26.7. The second kappa shape index (κ2) is 14.1. The molecule has 0 fully saturated rings. The summed E-state index contributed by atoms with van der Waals surface area (Å²) >= 11 is 12.5. The Labute approximate surface area is 263 Å². The van der Waals surface area contributed by atoms with Crippen molar-refractivity contribution in [1.29, 1.82) is 0 Å². The molecule has 7 nitrogen and oxygen atoms in total. The molecule has 0 aromatic heterocycles. The minimum atomic E-state index is -4.20. The molecule has 10 heteroatoms. The van der Waals surface area contributed by atoms with E-state index in [-0.39, 0.29) is 23.8 Å². The number of sulfonamides is 1. The van der Waals surface area contributed by atoms with Crippen LogP contribution < -0.4 is 9.62 Å². The summed E-state index contributed by atoms with van der Waals surface area (Å²) in [4.78, 5) is 29.2. The van der Waals surface area contributed by atoms with Gasteiger partial charge < -0.3 is 10.2 Å². The highest BCUT2D eigenvalue weighted by Crippen LogP contribution is 2.30. The van der Waals surface area contributed by atoms with Crippen LogP contribution in [0.5, 0.6) is 0 Å². The van der Waals surface area contributed by atoms with Gasteiger partial charge in [0, 0.05) is 30.1 Å². The summed E-state index contributed by atoms with van der Waals surface area (Å²) in [7, 11) is -2.70. The Kier molecular flexibility index (Phi) is 10.5. The van der Waals surface area contributed by atoms with Gasteiger partial charge in [0.15, 0.2) is 0 Å². The highest BCUT2D eigenvalue weighted by Gasteiger charge is 2.34. The van der Waals surface area contributed by atoms with E-state index in [9.17, 15) is 18.0 Å². The minimum Gasteiger partial charge on any atom is -0.357 e. The minimum absolute atomic E-state index is 0.0301. The van der Waals surface area contributed by atoms with Crippen molar-refractivity contribution < 1.29 is 18.0 Å². The monoisotopic (exact) mass is 637 g/mol. The van der Waals surface area contributed by atoms with Crippen LogP contribution in [-0.4, -0.2) is 44.8 Å². The van der Waals surface area contributed by atoms with E-state index in [0.29, 0.717) is 26.9 Å². The summed E-state index contributed by atoms with van der Waals surface area (Å²) in [6.45, 7) is 3.07. The average molecular weight is 639 g/mol. The van der Waals surface area contributed by atoms with Gasteiger partial charge in [0.05, 0.1) is 10.6 Å². The first-order chi connectivity index (χ1) is 20.5. The van der Waals surface area contributed by atoms with Crippen molar-refractivity contribution in [2.45, 2.75) is 37.8 Å². The molecular weight excluding hydrogens is 605 g/mol. The number of nitrogens with one attached hydrogen (secondary N) is 1.